The molecular weight excluding hydrogens is 562 g/mol. The zero-order chi connectivity index (χ0) is 24.0. The van der Waals surface area contributed by atoms with E-state index in [1.807, 2.05) is 0 Å². The highest BCUT2D eigenvalue weighted by atomic mass is 79.9. The molecular formula is C22H23Br2N3O6. The summed E-state index contributed by atoms with van der Waals surface area (Å²) in [5, 5.41) is 5.19. The number of esters is 1. The van der Waals surface area contributed by atoms with Crippen molar-refractivity contribution in [3.63, 3.8) is 0 Å². The van der Waals surface area contributed by atoms with E-state index in [1.54, 1.807) is 24.3 Å². The molecule has 1 saturated heterocycles. The maximum Gasteiger partial charge on any atom is 0.329 e. The number of nitrogens with zero attached hydrogens (tertiary/aromatic N) is 1. The Kier molecular flexibility index (Phi) is 6.63. The van der Waals surface area contributed by atoms with Crippen molar-refractivity contribution in [3.8, 4) is 0 Å². The number of hydrogen-bond acceptors (Lipinski definition) is 6. The van der Waals surface area contributed by atoms with Crippen LogP contribution >= 0.6 is 31.9 Å². The summed E-state index contributed by atoms with van der Waals surface area (Å²) < 4.78 is 5.08. The molecule has 7 atom stereocenters. The Bertz CT molecular complexity index is 984. The fourth-order valence-electron chi connectivity index (χ4n) is 5.15. The third-order valence-corrected chi connectivity index (χ3v) is 9.79. The van der Waals surface area contributed by atoms with Gasteiger partial charge in [0, 0.05) is 28.0 Å². The largest absolute Gasteiger partial charge is 0.454 e. The van der Waals surface area contributed by atoms with Gasteiger partial charge in [0.1, 0.15) is 6.04 Å². The SMILES string of the molecule is CC(=O)Nc1ccc(NC(=O)COC(=O)[C@H](C)N2C(=O)[C@@H]3[C@H]4C[C@@H]([C@H](Br)[C@H]4Br)[C@H]3C2=O)cc1. The van der Waals surface area contributed by atoms with Gasteiger partial charge in [0.05, 0.1) is 11.8 Å². The van der Waals surface area contributed by atoms with Gasteiger partial charge in [0.25, 0.3) is 5.91 Å². The minimum absolute atomic E-state index is 0.0526. The van der Waals surface area contributed by atoms with Crippen LogP contribution in [-0.4, -0.2) is 56.8 Å². The molecule has 2 saturated carbocycles. The summed E-state index contributed by atoms with van der Waals surface area (Å²) >= 11 is 7.26. The summed E-state index contributed by atoms with van der Waals surface area (Å²) in [5.41, 5.74) is 1.04. The molecule has 2 aliphatic carbocycles. The summed E-state index contributed by atoms with van der Waals surface area (Å²) in [6.07, 6.45) is 0.803. The molecule has 3 fully saturated rings. The average molecular weight is 585 g/mol. The summed E-state index contributed by atoms with van der Waals surface area (Å²) in [7, 11) is 0. The van der Waals surface area contributed by atoms with E-state index in [4.69, 9.17) is 4.74 Å². The zero-order valence-electron chi connectivity index (χ0n) is 17.9. The lowest BCUT2D eigenvalue weighted by atomic mass is 9.81. The quantitative estimate of drug-likeness (QED) is 0.301. The highest BCUT2D eigenvalue weighted by Crippen LogP contribution is 2.60. The number of amides is 4. The molecule has 1 aromatic carbocycles. The Morgan fingerprint density at radius 3 is 1.97 bits per heavy atom. The third kappa shape index (κ3) is 4.32. The molecule has 0 unspecified atom stereocenters. The number of hydrogen-bond donors (Lipinski definition) is 2. The predicted molar refractivity (Wildman–Crippen MR) is 126 cm³/mol. The van der Waals surface area contributed by atoms with E-state index in [-0.39, 0.29) is 39.2 Å². The van der Waals surface area contributed by atoms with Gasteiger partial charge in [0.2, 0.25) is 17.7 Å². The number of rotatable bonds is 6. The first-order valence-corrected chi connectivity index (χ1v) is 12.4. The summed E-state index contributed by atoms with van der Waals surface area (Å²) in [6.45, 7) is 2.27. The number of benzene rings is 1. The number of imide groups is 1. The molecule has 1 aliphatic heterocycles. The standard InChI is InChI=1S/C22H23Br2N3O6/c1-9(27-20(30)16-13-7-14(17(16)21(27)31)19(24)18(13)23)22(32)33-8-15(29)26-12-5-3-11(4-6-12)25-10(2)28/h3-6,9,13-14,16-19H,7-8H2,1-2H3,(H,25,28)(H,26,29)/t9-,13+,14+,16+,17+,18-,19-/m0/s1. The maximum absolute atomic E-state index is 13.0. The molecule has 3 aliphatic rings. The topological polar surface area (TPSA) is 122 Å². The van der Waals surface area contributed by atoms with E-state index in [0.29, 0.717) is 11.4 Å². The summed E-state index contributed by atoms with van der Waals surface area (Å²) in [5.74, 6) is -3.00. The van der Waals surface area contributed by atoms with Crippen LogP contribution in [0, 0.1) is 23.7 Å². The van der Waals surface area contributed by atoms with Gasteiger partial charge >= 0.3 is 5.97 Å². The first-order chi connectivity index (χ1) is 15.6. The number of carbonyl (C=O) groups is 5. The van der Waals surface area contributed by atoms with Crippen molar-refractivity contribution in [2.45, 2.75) is 36.0 Å². The van der Waals surface area contributed by atoms with E-state index in [1.165, 1.54) is 13.8 Å². The number of halogens is 2. The number of alkyl halides is 2. The van der Waals surface area contributed by atoms with Gasteiger partial charge in [-0.2, -0.15) is 0 Å². The minimum atomic E-state index is -1.11. The highest BCUT2D eigenvalue weighted by molar-refractivity contribution is 9.12. The number of nitrogens with one attached hydrogen (secondary N) is 2. The highest BCUT2D eigenvalue weighted by Gasteiger charge is 2.67. The molecule has 0 radical (unpaired) electrons. The van der Waals surface area contributed by atoms with Crippen molar-refractivity contribution in [3.05, 3.63) is 24.3 Å². The van der Waals surface area contributed by atoms with E-state index in [2.05, 4.69) is 42.5 Å². The fourth-order valence-corrected chi connectivity index (χ4v) is 7.03. The molecule has 11 heteroatoms. The molecule has 1 heterocycles. The van der Waals surface area contributed by atoms with E-state index < -0.39 is 36.4 Å². The van der Waals surface area contributed by atoms with Crippen molar-refractivity contribution in [1.82, 2.24) is 4.90 Å². The predicted octanol–water partition coefficient (Wildman–Crippen LogP) is 2.29. The Morgan fingerprint density at radius 2 is 1.48 bits per heavy atom. The molecule has 2 N–H and O–H groups in total. The lowest BCUT2D eigenvalue weighted by molar-refractivity contribution is -0.159. The van der Waals surface area contributed by atoms with Crippen LogP contribution in [0.4, 0.5) is 11.4 Å². The van der Waals surface area contributed by atoms with Crippen LogP contribution in [0.5, 0.6) is 0 Å². The van der Waals surface area contributed by atoms with Crippen molar-refractivity contribution >= 4 is 72.8 Å². The van der Waals surface area contributed by atoms with Gasteiger partial charge in [-0.25, -0.2) is 4.79 Å². The summed E-state index contributed by atoms with van der Waals surface area (Å²) in [6, 6.07) is 5.32. The van der Waals surface area contributed by atoms with Crippen LogP contribution < -0.4 is 10.6 Å². The smallest absolute Gasteiger partial charge is 0.329 e. The molecule has 33 heavy (non-hydrogen) atoms. The lowest BCUT2D eigenvalue weighted by Crippen LogP contribution is -2.45. The first kappa shape index (κ1) is 23.9. The number of likely N-dealkylation sites (tertiary alicyclic amines) is 1. The van der Waals surface area contributed by atoms with E-state index >= 15 is 0 Å². The second-order valence-corrected chi connectivity index (χ2v) is 10.8. The van der Waals surface area contributed by atoms with Gasteiger partial charge in [-0.15, -0.1) is 0 Å². The molecule has 0 aromatic heterocycles. The molecule has 1 aromatic rings. The van der Waals surface area contributed by atoms with E-state index in [0.717, 1.165) is 11.3 Å². The van der Waals surface area contributed by atoms with Gasteiger partial charge in [-0.3, -0.25) is 24.1 Å². The van der Waals surface area contributed by atoms with Crippen LogP contribution in [0.1, 0.15) is 20.3 Å². The number of carbonyl (C=O) groups excluding carboxylic acids is 5. The molecule has 4 rings (SSSR count). The zero-order valence-corrected chi connectivity index (χ0v) is 21.1. The van der Waals surface area contributed by atoms with Crippen LogP contribution in [0.3, 0.4) is 0 Å². The summed E-state index contributed by atoms with van der Waals surface area (Å²) in [4.78, 5) is 63.0. The number of fused-ring (bicyclic) bond motifs is 5. The first-order valence-electron chi connectivity index (χ1n) is 10.6. The Morgan fingerprint density at radius 1 is 1.00 bits per heavy atom. The second kappa shape index (κ2) is 9.17. The van der Waals surface area contributed by atoms with Crippen molar-refractivity contribution < 1.29 is 28.7 Å². The van der Waals surface area contributed by atoms with Crippen LogP contribution in [0.25, 0.3) is 0 Å². The average Bonchev–Trinajstić information content (AvgIpc) is 3.37. The monoisotopic (exact) mass is 583 g/mol. The van der Waals surface area contributed by atoms with Gasteiger partial charge in [0.15, 0.2) is 6.61 Å². The fraction of sp³-hybridized carbons (Fsp3) is 0.500. The Hall–Kier alpha value is -2.27. The normalized spacial score (nSPS) is 30.7. The molecule has 9 nitrogen and oxygen atoms in total. The molecule has 4 amide bonds. The van der Waals surface area contributed by atoms with Gasteiger partial charge in [-0.05, 0) is 49.4 Å². The van der Waals surface area contributed by atoms with Gasteiger partial charge < -0.3 is 15.4 Å². The second-order valence-electron chi connectivity index (χ2n) is 8.64. The molecule has 176 valence electrons. The Balaban J connectivity index is 1.32. The van der Waals surface area contributed by atoms with Crippen LogP contribution in [0.2, 0.25) is 0 Å². The molecule has 2 bridgehead atoms. The minimum Gasteiger partial charge on any atom is -0.454 e. The number of anilines is 2. The van der Waals surface area contributed by atoms with Crippen molar-refractivity contribution in [1.29, 1.82) is 0 Å². The lowest BCUT2D eigenvalue weighted by Gasteiger charge is -2.28. The van der Waals surface area contributed by atoms with Crippen molar-refractivity contribution in [2.75, 3.05) is 17.2 Å². The maximum atomic E-state index is 13.0. The van der Waals surface area contributed by atoms with Crippen LogP contribution in [-0.2, 0) is 28.7 Å². The molecule has 0 spiro atoms. The van der Waals surface area contributed by atoms with E-state index in [9.17, 15) is 24.0 Å². The number of ether oxygens (including phenoxy) is 1. The third-order valence-electron chi connectivity index (χ3n) is 6.58. The van der Waals surface area contributed by atoms with Crippen LogP contribution in [0.15, 0.2) is 24.3 Å². The van der Waals surface area contributed by atoms with Crippen molar-refractivity contribution in [2.24, 2.45) is 23.7 Å². The Labute approximate surface area is 207 Å². The van der Waals surface area contributed by atoms with Gasteiger partial charge in [-0.1, -0.05) is 31.9 Å².